The van der Waals surface area contributed by atoms with Gasteiger partial charge in [-0.15, -0.1) is 0 Å². The first-order valence-corrected chi connectivity index (χ1v) is 5.73. The molecule has 0 unspecified atom stereocenters. The molecule has 4 heteroatoms. The molecule has 1 aromatic rings. The Morgan fingerprint density at radius 2 is 2.20 bits per heavy atom. The highest BCUT2D eigenvalue weighted by molar-refractivity contribution is 6.31. The number of hydrogen-bond donors (Lipinski definition) is 1. The van der Waals surface area contributed by atoms with Crippen molar-refractivity contribution >= 4 is 17.4 Å². The number of rotatable bonds is 3. The van der Waals surface area contributed by atoms with Crippen LogP contribution < -0.4 is 10.2 Å². The molecule has 82 valence electrons. The maximum absolute atomic E-state index is 6.06. The van der Waals surface area contributed by atoms with E-state index in [4.69, 9.17) is 11.6 Å². The van der Waals surface area contributed by atoms with Crippen molar-refractivity contribution in [1.29, 1.82) is 0 Å². The van der Waals surface area contributed by atoms with E-state index in [0.717, 1.165) is 36.0 Å². The van der Waals surface area contributed by atoms with Crippen LogP contribution in [0.2, 0.25) is 5.02 Å². The van der Waals surface area contributed by atoms with Crippen molar-refractivity contribution in [2.75, 3.05) is 25.0 Å². The Morgan fingerprint density at radius 1 is 1.47 bits per heavy atom. The average Bonchev–Trinajstić information content (AvgIpc) is 2.75. The number of aromatic nitrogens is 1. The molecule has 1 fully saturated rings. The second kappa shape index (κ2) is 4.81. The molecule has 0 bridgehead atoms. The zero-order chi connectivity index (χ0) is 10.7. The fourth-order valence-electron chi connectivity index (χ4n) is 1.91. The van der Waals surface area contributed by atoms with E-state index in [1.165, 1.54) is 12.8 Å². The van der Waals surface area contributed by atoms with Crippen molar-refractivity contribution in [2.45, 2.75) is 19.4 Å². The first kappa shape index (κ1) is 10.7. The van der Waals surface area contributed by atoms with Crippen LogP contribution in [0, 0.1) is 0 Å². The number of nitrogens with zero attached hydrogens (tertiary/aromatic N) is 2. The van der Waals surface area contributed by atoms with E-state index in [1.54, 1.807) is 6.20 Å². The van der Waals surface area contributed by atoms with Gasteiger partial charge in [-0.1, -0.05) is 11.6 Å². The lowest BCUT2D eigenvalue weighted by molar-refractivity contribution is 0.813. The van der Waals surface area contributed by atoms with Gasteiger partial charge in [0.1, 0.15) is 5.82 Å². The summed E-state index contributed by atoms with van der Waals surface area (Å²) in [5.74, 6) is 1.06. The summed E-state index contributed by atoms with van der Waals surface area (Å²) < 4.78 is 0. The normalized spacial score (nSPS) is 16.0. The predicted octanol–water partition coefficient (Wildman–Crippen LogP) is 2.05. The molecule has 3 nitrogen and oxygen atoms in total. The van der Waals surface area contributed by atoms with Crippen LogP contribution in [0.4, 0.5) is 5.82 Å². The van der Waals surface area contributed by atoms with Gasteiger partial charge in [0, 0.05) is 25.8 Å². The van der Waals surface area contributed by atoms with E-state index in [0.29, 0.717) is 0 Å². The van der Waals surface area contributed by atoms with Gasteiger partial charge >= 0.3 is 0 Å². The summed E-state index contributed by atoms with van der Waals surface area (Å²) in [6.07, 6.45) is 4.29. The minimum absolute atomic E-state index is 0.743. The van der Waals surface area contributed by atoms with Crippen LogP contribution >= 0.6 is 11.6 Å². The summed E-state index contributed by atoms with van der Waals surface area (Å²) in [6, 6.07) is 2.09. The zero-order valence-corrected chi connectivity index (χ0v) is 9.72. The number of hydrogen-bond acceptors (Lipinski definition) is 3. The maximum Gasteiger partial charge on any atom is 0.128 e. The van der Waals surface area contributed by atoms with E-state index in [-0.39, 0.29) is 0 Å². The van der Waals surface area contributed by atoms with E-state index >= 15 is 0 Å². The van der Waals surface area contributed by atoms with Crippen molar-refractivity contribution in [1.82, 2.24) is 10.3 Å². The highest BCUT2D eigenvalue weighted by Crippen LogP contribution is 2.23. The molecule has 1 aliphatic rings. The Labute approximate surface area is 95.4 Å². The van der Waals surface area contributed by atoms with Gasteiger partial charge in [-0.05, 0) is 31.5 Å². The molecule has 0 atom stereocenters. The minimum atomic E-state index is 0.743. The van der Waals surface area contributed by atoms with Crippen molar-refractivity contribution in [2.24, 2.45) is 0 Å². The van der Waals surface area contributed by atoms with Gasteiger partial charge in [0.25, 0.3) is 0 Å². The molecule has 1 saturated heterocycles. The molecule has 15 heavy (non-hydrogen) atoms. The Kier molecular flexibility index (Phi) is 3.44. The van der Waals surface area contributed by atoms with Gasteiger partial charge in [0.15, 0.2) is 0 Å². The Bertz CT molecular complexity index is 335. The van der Waals surface area contributed by atoms with E-state index < -0.39 is 0 Å². The molecule has 1 aliphatic heterocycles. The highest BCUT2D eigenvalue weighted by Gasteiger charge is 2.14. The summed E-state index contributed by atoms with van der Waals surface area (Å²) in [4.78, 5) is 6.68. The summed E-state index contributed by atoms with van der Waals surface area (Å²) >= 11 is 6.06. The van der Waals surface area contributed by atoms with Crippen LogP contribution in [-0.4, -0.2) is 25.1 Å². The molecular formula is C11H16ClN3. The van der Waals surface area contributed by atoms with E-state index in [9.17, 15) is 0 Å². The van der Waals surface area contributed by atoms with Crippen LogP contribution in [0.15, 0.2) is 12.3 Å². The van der Waals surface area contributed by atoms with Gasteiger partial charge in [0.2, 0.25) is 0 Å². The average molecular weight is 226 g/mol. The molecule has 0 aliphatic carbocycles. The molecule has 0 aromatic carbocycles. The van der Waals surface area contributed by atoms with Gasteiger partial charge in [-0.3, -0.25) is 0 Å². The summed E-state index contributed by atoms with van der Waals surface area (Å²) in [5, 5.41) is 3.85. The van der Waals surface area contributed by atoms with Crippen molar-refractivity contribution < 1.29 is 0 Å². The predicted molar refractivity (Wildman–Crippen MR) is 63.5 cm³/mol. The molecule has 0 spiro atoms. The van der Waals surface area contributed by atoms with E-state index in [2.05, 4.69) is 21.3 Å². The van der Waals surface area contributed by atoms with Crippen LogP contribution in [0.25, 0.3) is 0 Å². The number of halogens is 1. The van der Waals surface area contributed by atoms with Crippen molar-refractivity contribution in [3.05, 3.63) is 22.8 Å². The molecule has 2 heterocycles. The lowest BCUT2D eigenvalue weighted by Gasteiger charge is -2.17. The quantitative estimate of drug-likeness (QED) is 0.854. The van der Waals surface area contributed by atoms with Crippen molar-refractivity contribution in [3.63, 3.8) is 0 Å². The standard InChI is InChI=1S/C11H16ClN3/c1-13-7-9-6-11(14-8-10(9)12)15-4-2-3-5-15/h6,8,13H,2-5,7H2,1H3. The molecule has 0 saturated carbocycles. The Hall–Kier alpha value is -0.800. The second-order valence-electron chi connectivity index (χ2n) is 3.86. The number of pyridine rings is 1. The fourth-order valence-corrected chi connectivity index (χ4v) is 2.08. The zero-order valence-electron chi connectivity index (χ0n) is 8.96. The second-order valence-corrected chi connectivity index (χ2v) is 4.27. The molecule has 1 N–H and O–H groups in total. The first-order chi connectivity index (χ1) is 7.31. The molecule has 0 radical (unpaired) electrons. The fraction of sp³-hybridized carbons (Fsp3) is 0.545. The van der Waals surface area contributed by atoms with Crippen LogP contribution in [0.1, 0.15) is 18.4 Å². The third kappa shape index (κ3) is 2.41. The molecule has 2 rings (SSSR count). The van der Waals surface area contributed by atoms with Crippen molar-refractivity contribution in [3.8, 4) is 0 Å². The summed E-state index contributed by atoms with van der Waals surface area (Å²) in [6.45, 7) is 3.03. The number of anilines is 1. The maximum atomic E-state index is 6.06. The van der Waals surface area contributed by atoms with Gasteiger partial charge in [0.05, 0.1) is 5.02 Å². The molecule has 0 amide bonds. The third-order valence-electron chi connectivity index (χ3n) is 2.72. The first-order valence-electron chi connectivity index (χ1n) is 5.35. The number of nitrogens with one attached hydrogen (secondary N) is 1. The summed E-state index contributed by atoms with van der Waals surface area (Å²) in [7, 11) is 1.92. The lowest BCUT2D eigenvalue weighted by Crippen LogP contribution is -2.19. The Balaban J connectivity index is 2.21. The highest BCUT2D eigenvalue weighted by atomic mass is 35.5. The van der Waals surface area contributed by atoms with Crippen LogP contribution in [0.5, 0.6) is 0 Å². The van der Waals surface area contributed by atoms with Crippen LogP contribution in [-0.2, 0) is 6.54 Å². The monoisotopic (exact) mass is 225 g/mol. The topological polar surface area (TPSA) is 28.2 Å². The van der Waals surface area contributed by atoms with Crippen LogP contribution in [0.3, 0.4) is 0 Å². The lowest BCUT2D eigenvalue weighted by atomic mass is 10.2. The van der Waals surface area contributed by atoms with Gasteiger partial charge in [-0.2, -0.15) is 0 Å². The minimum Gasteiger partial charge on any atom is -0.357 e. The SMILES string of the molecule is CNCc1cc(N2CCCC2)ncc1Cl. The smallest absolute Gasteiger partial charge is 0.128 e. The molecular weight excluding hydrogens is 210 g/mol. The molecule has 1 aromatic heterocycles. The van der Waals surface area contributed by atoms with Gasteiger partial charge in [-0.25, -0.2) is 4.98 Å². The van der Waals surface area contributed by atoms with Gasteiger partial charge < -0.3 is 10.2 Å². The summed E-state index contributed by atoms with van der Waals surface area (Å²) in [5.41, 5.74) is 1.12. The Morgan fingerprint density at radius 3 is 2.87 bits per heavy atom. The third-order valence-corrected chi connectivity index (χ3v) is 3.06. The van der Waals surface area contributed by atoms with E-state index in [1.807, 2.05) is 7.05 Å². The largest absolute Gasteiger partial charge is 0.357 e.